The Kier molecular flexibility index (Phi) is 3.91. The van der Waals surface area contributed by atoms with Gasteiger partial charge in [0, 0.05) is 11.1 Å². The molecule has 1 amide bonds. The predicted molar refractivity (Wildman–Crippen MR) is 82.5 cm³/mol. The second-order valence-corrected chi connectivity index (χ2v) is 5.01. The van der Waals surface area contributed by atoms with Crippen molar-refractivity contribution in [3.05, 3.63) is 59.7 Å². The van der Waals surface area contributed by atoms with Crippen LogP contribution in [0.25, 0.3) is 0 Å². The zero-order chi connectivity index (χ0) is 16.4. The monoisotopic (exact) mass is 309 g/mol. The van der Waals surface area contributed by atoms with Gasteiger partial charge in [-0.1, -0.05) is 48.2 Å². The predicted octanol–water partition coefficient (Wildman–Crippen LogP) is 1.05. The van der Waals surface area contributed by atoms with E-state index in [1.807, 2.05) is 0 Å². The molecule has 3 rings (SSSR count). The maximum absolute atomic E-state index is 12.3. The minimum absolute atomic E-state index is 0.00833. The van der Waals surface area contributed by atoms with E-state index < -0.39 is 24.5 Å². The highest BCUT2D eigenvalue weighted by atomic mass is 16.3. The average molecular weight is 309 g/mol. The largest absolute Gasteiger partial charge is 0.872 e. The molecule has 23 heavy (non-hydrogen) atoms. The number of aliphatic imine (C=N–C) groups is 1. The Hall–Kier alpha value is -2.99. The third kappa shape index (κ3) is 2.60. The van der Waals surface area contributed by atoms with Crippen molar-refractivity contribution in [1.82, 2.24) is 0 Å². The Bertz CT molecular complexity index is 801. The molecule has 2 aromatic carbocycles. The van der Waals surface area contributed by atoms with Crippen LogP contribution in [-0.2, 0) is 4.79 Å². The number of para-hydroxylation sites is 2. The van der Waals surface area contributed by atoms with Gasteiger partial charge in [-0.2, -0.15) is 0 Å². The molecule has 1 unspecified atom stereocenters. The van der Waals surface area contributed by atoms with E-state index >= 15 is 0 Å². The zero-order valence-corrected chi connectivity index (χ0v) is 12.0. The fourth-order valence-electron chi connectivity index (χ4n) is 2.54. The van der Waals surface area contributed by atoms with Crippen LogP contribution in [0.15, 0.2) is 53.5 Å². The molecule has 0 bridgehead atoms. The fourth-order valence-corrected chi connectivity index (χ4v) is 2.54. The number of amides is 1. The van der Waals surface area contributed by atoms with Crippen molar-refractivity contribution in [1.29, 1.82) is 0 Å². The number of aliphatic hydroxyl groups excluding tert-OH is 1. The summed E-state index contributed by atoms with van der Waals surface area (Å²) in [5.41, 5.74) is 1.19. The Morgan fingerprint density at radius 3 is 2.65 bits per heavy atom. The molecular weight excluding hydrogens is 296 g/mol. The van der Waals surface area contributed by atoms with Gasteiger partial charge in [-0.25, -0.2) is 0 Å². The van der Waals surface area contributed by atoms with Crippen LogP contribution in [-0.4, -0.2) is 29.7 Å². The first-order chi connectivity index (χ1) is 11.1. The molecular formula is C17H13N2O4-. The highest BCUT2D eigenvalue weighted by Crippen LogP contribution is 2.37. The van der Waals surface area contributed by atoms with Crippen molar-refractivity contribution in [2.24, 2.45) is 4.99 Å². The first-order valence-electron chi connectivity index (χ1n) is 6.98. The van der Waals surface area contributed by atoms with Gasteiger partial charge in [-0.05, 0) is 6.07 Å². The van der Waals surface area contributed by atoms with Gasteiger partial charge in [-0.15, -0.1) is 0 Å². The lowest BCUT2D eigenvalue weighted by atomic mass is 10.1. The van der Waals surface area contributed by atoms with Crippen LogP contribution in [0.5, 0.6) is 5.75 Å². The number of rotatable bonds is 4. The summed E-state index contributed by atoms with van der Waals surface area (Å²) in [6, 6.07) is 11.9. The van der Waals surface area contributed by atoms with Gasteiger partial charge in [0.15, 0.2) is 6.04 Å². The Morgan fingerprint density at radius 1 is 1.22 bits per heavy atom. The quantitative estimate of drug-likeness (QED) is 0.675. The lowest BCUT2D eigenvalue weighted by molar-refractivity contribution is -0.268. The molecule has 0 radical (unpaired) electrons. The Morgan fingerprint density at radius 2 is 1.91 bits per heavy atom. The molecule has 0 aliphatic carbocycles. The van der Waals surface area contributed by atoms with E-state index in [1.54, 1.807) is 36.4 Å². The normalized spacial score (nSPS) is 16.8. The molecule has 0 fully saturated rings. The van der Waals surface area contributed by atoms with E-state index in [2.05, 4.69) is 4.99 Å². The molecule has 6 heteroatoms. The van der Waals surface area contributed by atoms with Gasteiger partial charge in [-0.3, -0.25) is 19.5 Å². The molecule has 1 N–H and O–H groups in total. The number of carbonyl (C=O) groups excluding carboxylic acids is 2. The summed E-state index contributed by atoms with van der Waals surface area (Å²) >= 11 is 0. The summed E-state index contributed by atoms with van der Waals surface area (Å²) in [4.78, 5) is 29.6. The van der Waals surface area contributed by atoms with Gasteiger partial charge in [0.2, 0.25) is 5.78 Å². The van der Waals surface area contributed by atoms with E-state index in [0.29, 0.717) is 11.3 Å². The number of benzene rings is 2. The summed E-state index contributed by atoms with van der Waals surface area (Å²) in [5, 5.41) is 21.0. The maximum Gasteiger partial charge on any atom is 0.258 e. The average Bonchev–Trinajstić information content (AvgIpc) is 2.84. The van der Waals surface area contributed by atoms with E-state index in [1.165, 1.54) is 17.0 Å². The molecule has 1 aliphatic heterocycles. The van der Waals surface area contributed by atoms with Gasteiger partial charge in [0.1, 0.15) is 6.73 Å². The number of Topliss-reactive ketones (excluding diaryl/α,β-unsaturated/α-hetero) is 1. The van der Waals surface area contributed by atoms with Crippen LogP contribution in [0.3, 0.4) is 0 Å². The number of ketones is 1. The van der Waals surface area contributed by atoms with Gasteiger partial charge >= 0.3 is 0 Å². The standard InChI is InChI=1S/C17H14N2O4/c20-10-19-13-7-3-1-5-11(13)16(17(19)23)18-9-15(22)12-6-2-4-8-14(12)21/h1-9,16,20-21H,10H2/p-1. The van der Waals surface area contributed by atoms with E-state index in [0.717, 1.165) is 6.21 Å². The highest BCUT2D eigenvalue weighted by Gasteiger charge is 2.36. The van der Waals surface area contributed by atoms with Gasteiger partial charge < -0.3 is 10.2 Å². The molecule has 6 nitrogen and oxygen atoms in total. The van der Waals surface area contributed by atoms with Gasteiger partial charge in [0.25, 0.3) is 5.91 Å². The first-order valence-corrected chi connectivity index (χ1v) is 6.98. The number of hydrogen-bond donors (Lipinski definition) is 1. The van der Waals surface area contributed by atoms with Crippen molar-refractivity contribution in [2.75, 3.05) is 11.6 Å². The topological polar surface area (TPSA) is 93.0 Å². The second kappa shape index (κ2) is 6.02. The lowest BCUT2D eigenvalue weighted by Crippen LogP contribution is -2.29. The number of carbonyl (C=O) groups is 2. The molecule has 1 heterocycles. The molecule has 0 spiro atoms. The third-order valence-electron chi connectivity index (χ3n) is 3.66. The number of fused-ring (bicyclic) bond motifs is 1. The third-order valence-corrected chi connectivity index (χ3v) is 3.66. The molecule has 0 aromatic heterocycles. The van der Waals surface area contributed by atoms with Crippen molar-refractivity contribution in [3.63, 3.8) is 0 Å². The van der Waals surface area contributed by atoms with Crippen molar-refractivity contribution in [2.45, 2.75) is 6.04 Å². The smallest absolute Gasteiger partial charge is 0.258 e. The minimum atomic E-state index is -0.888. The Labute approximate surface area is 132 Å². The summed E-state index contributed by atoms with van der Waals surface area (Å²) in [7, 11) is 0. The van der Waals surface area contributed by atoms with Crippen LogP contribution in [0.1, 0.15) is 22.0 Å². The van der Waals surface area contributed by atoms with E-state index in [4.69, 9.17) is 0 Å². The first kappa shape index (κ1) is 14.9. The summed E-state index contributed by atoms with van der Waals surface area (Å²) in [6.07, 6.45) is 0.997. The van der Waals surface area contributed by atoms with Crippen LogP contribution >= 0.6 is 0 Å². The van der Waals surface area contributed by atoms with Crippen LogP contribution in [0.2, 0.25) is 0 Å². The molecule has 2 aromatic rings. The number of aliphatic hydroxyl groups is 1. The number of anilines is 1. The fraction of sp³-hybridized carbons (Fsp3) is 0.118. The summed E-state index contributed by atoms with van der Waals surface area (Å²) in [5.74, 6) is -1.35. The molecule has 1 aliphatic rings. The molecule has 0 saturated heterocycles. The zero-order valence-electron chi connectivity index (χ0n) is 12.0. The van der Waals surface area contributed by atoms with Crippen LogP contribution < -0.4 is 10.0 Å². The minimum Gasteiger partial charge on any atom is -0.872 e. The SMILES string of the molecule is O=C(C=NC1C(=O)N(CO)c2ccccc21)c1ccccc1[O-]. The van der Waals surface area contributed by atoms with E-state index in [-0.39, 0.29) is 11.3 Å². The number of nitrogens with zero attached hydrogens (tertiary/aromatic N) is 2. The molecule has 116 valence electrons. The lowest BCUT2D eigenvalue weighted by Gasteiger charge is -2.12. The maximum atomic E-state index is 12.3. The van der Waals surface area contributed by atoms with Crippen molar-refractivity contribution in [3.8, 4) is 5.75 Å². The highest BCUT2D eigenvalue weighted by molar-refractivity contribution is 6.36. The summed E-state index contributed by atoms with van der Waals surface area (Å²) < 4.78 is 0. The number of hydrogen-bond acceptors (Lipinski definition) is 5. The Balaban J connectivity index is 1.90. The summed E-state index contributed by atoms with van der Waals surface area (Å²) in [6.45, 7) is -0.459. The second-order valence-electron chi connectivity index (χ2n) is 5.01. The van der Waals surface area contributed by atoms with E-state index in [9.17, 15) is 19.8 Å². The van der Waals surface area contributed by atoms with Gasteiger partial charge in [0.05, 0.1) is 11.9 Å². The van der Waals surface area contributed by atoms with Crippen molar-refractivity contribution >= 4 is 23.6 Å². The molecule has 1 atom stereocenters. The van der Waals surface area contributed by atoms with Crippen molar-refractivity contribution < 1.29 is 19.8 Å². The molecule has 0 saturated carbocycles. The van der Waals surface area contributed by atoms with Crippen LogP contribution in [0.4, 0.5) is 5.69 Å². The van der Waals surface area contributed by atoms with Crippen LogP contribution in [0, 0.1) is 0 Å².